The molecule has 0 saturated heterocycles. The molecule has 1 saturated carbocycles. The highest BCUT2D eigenvalue weighted by Gasteiger charge is 2.32. The fourth-order valence-electron chi connectivity index (χ4n) is 2.44. The number of rotatable bonds is 3. The molecule has 2 unspecified atom stereocenters. The average molecular weight is 347 g/mol. The Morgan fingerprint density at radius 2 is 2.24 bits per heavy atom. The molecule has 0 aromatic carbocycles. The van der Waals surface area contributed by atoms with Gasteiger partial charge in [0.1, 0.15) is 0 Å². The Hall–Kier alpha value is -0.430. The molecule has 0 aliphatic heterocycles. The first-order chi connectivity index (χ1) is 8.07. The third-order valence-electron chi connectivity index (χ3n) is 3.26. The van der Waals surface area contributed by atoms with Crippen molar-refractivity contribution in [1.82, 2.24) is 9.97 Å². The summed E-state index contributed by atoms with van der Waals surface area (Å²) in [6, 6.07) is 0. The standard InChI is InChI=1S/C12H18IN3O/c1-9-3-2-4-12(17,5-9)8-16-11-14-6-10(13)7-15-11/h6-7,9,17H,2-5,8H2,1H3,(H,14,15,16). The van der Waals surface area contributed by atoms with E-state index in [0.29, 0.717) is 18.4 Å². The smallest absolute Gasteiger partial charge is 0.222 e. The van der Waals surface area contributed by atoms with Gasteiger partial charge in [-0.3, -0.25) is 0 Å². The van der Waals surface area contributed by atoms with Crippen LogP contribution < -0.4 is 5.32 Å². The minimum atomic E-state index is -0.593. The number of aromatic nitrogens is 2. The van der Waals surface area contributed by atoms with Gasteiger partial charge in [-0.05, 0) is 41.4 Å². The zero-order valence-electron chi connectivity index (χ0n) is 9.99. The molecule has 2 rings (SSSR count). The Bertz CT molecular complexity index is 371. The molecular weight excluding hydrogens is 329 g/mol. The van der Waals surface area contributed by atoms with Gasteiger partial charge in [0.15, 0.2) is 0 Å². The van der Waals surface area contributed by atoms with Crippen molar-refractivity contribution in [3.05, 3.63) is 16.0 Å². The maximum Gasteiger partial charge on any atom is 0.222 e. The van der Waals surface area contributed by atoms with E-state index >= 15 is 0 Å². The lowest BCUT2D eigenvalue weighted by atomic mass is 9.79. The zero-order valence-corrected chi connectivity index (χ0v) is 12.1. The highest BCUT2D eigenvalue weighted by atomic mass is 127. The third kappa shape index (κ3) is 3.77. The summed E-state index contributed by atoms with van der Waals surface area (Å²) in [5, 5.41) is 13.6. The second kappa shape index (κ2) is 5.48. The third-order valence-corrected chi connectivity index (χ3v) is 3.82. The molecule has 5 heteroatoms. The average Bonchev–Trinajstić information content (AvgIpc) is 2.28. The molecule has 0 radical (unpaired) electrons. The Kier molecular flexibility index (Phi) is 4.19. The van der Waals surface area contributed by atoms with E-state index < -0.39 is 5.60 Å². The summed E-state index contributed by atoms with van der Waals surface area (Å²) >= 11 is 2.17. The normalized spacial score (nSPS) is 29.0. The quantitative estimate of drug-likeness (QED) is 0.825. The second-order valence-corrected chi connectivity index (χ2v) is 6.25. The SMILES string of the molecule is CC1CCCC(O)(CNc2ncc(I)cn2)C1. The van der Waals surface area contributed by atoms with Gasteiger partial charge in [0, 0.05) is 22.5 Å². The fourth-order valence-corrected chi connectivity index (χ4v) is 2.72. The Morgan fingerprint density at radius 1 is 1.53 bits per heavy atom. The number of nitrogens with zero attached hydrogens (tertiary/aromatic N) is 2. The van der Waals surface area contributed by atoms with Gasteiger partial charge in [-0.2, -0.15) is 0 Å². The number of hydrogen-bond acceptors (Lipinski definition) is 4. The lowest BCUT2D eigenvalue weighted by Crippen LogP contribution is -2.41. The maximum atomic E-state index is 10.4. The van der Waals surface area contributed by atoms with Crippen molar-refractivity contribution >= 4 is 28.5 Å². The molecule has 0 bridgehead atoms. The van der Waals surface area contributed by atoms with E-state index in [2.05, 4.69) is 44.8 Å². The van der Waals surface area contributed by atoms with Gasteiger partial charge >= 0.3 is 0 Å². The number of nitrogens with one attached hydrogen (secondary N) is 1. The van der Waals surface area contributed by atoms with E-state index in [4.69, 9.17) is 0 Å². The lowest BCUT2D eigenvalue weighted by Gasteiger charge is -2.35. The van der Waals surface area contributed by atoms with Crippen LogP contribution in [0.3, 0.4) is 0 Å². The van der Waals surface area contributed by atoms with Gasteiger partial charge in [-0.25, -0.2) is 9.97 Å². The van der Waals surface area contributed by atoms with E-state index in [1.165, 1.54) is 6.42 Å². The first kappa shape index (κ1) is 13.0. The van der Waals surface area contributed by atoms with Crippen LogP contribution in [0.5, 0.6) is 0 Å². The van der Waals surface area contributed by atoms with Crippen LogP contribution in [-0.2, 0) is 0 Å². The molecule has 1 aliphatic rings. The van der Waals surface area contributed by atoms with E-state index in [0.717, 1.165) is 22.8 Å². The van der Waals surface area contributed by atoms with Crippen molar-refractivity contribution in [2.75, 3.05) is 11.9 Å². The zero-order chi connectivity index (χ0) is 12.3. The minimum Gasteiger partial charge on any atom is -0.388 e. The van der Waals surface area contributed by atoms with Crippen molar-refractivity contribution < 1.29 is 5.11 Å². The van der Waals surface area contributed by atoms with Crippen LogP contribution in [-0.4, -0.2) is 27.2 Å². The molecule has 1 aromatic rings. The lowest BCUT2D eigenvalue weighted by molar-refractivity contribution is -0.000896. The highest BCUT2D eigenvalue weighted by molar-refractivity contribution is 14.1. The maximum absolute atomic E-state index is 10.4. The van der Waals surface area contributed by atoms with E-state index in [9.17, 15) is 5.11 Å². The van der Waals surface area contributed by atoms with Gasteiger partial charge < -0.3 is 10.4 Å². The van der Waals surface area contributed by atoms with Crippen LogP contribution in [0.2, 0.25) is 0 Å². The van der Waals surface area contributed by atoms with E-state index in [-0.39, 0.29) is 0 Å². The monoisotopic (exact) mass is 347 g/mol. The number of hydrogen-bond donors (Lipinski definition) is 2. The van der Waals surface area contributed by atoms with Gasteiger partial charge in [-0.1, -0.05) is 19.8 Å². The number of aliphatic hydroxyl groups is 1. The molecule has 2 atom stereocenters. The summed E-state index contributed by atoms with van der Waals surface area (Å²) in [6.07, 6.45) is 7.60. The summed E-state index contributed by atoms with van der Waals surface area (Å²) in [4.78, 5) is 8.34. The summed E-state index contributed by atoms with van der Waals surface area (Å²) in [7, 11) is 0. The van der Waals surface area contributed by atoms with Crippen LogP contribution in [0, 0.1) is 9.49 Å². The summed E-state index contributed by atoms with van der Waals surface area (Å²) in [6.45, 7) is 2.74. The Labute approximate surface area is 115 Å². The molecule has 4 nitrogen and oxygen atoms in total. The van der Waals surface area contributed by atoms with Crippen LogP contribution in [0.15, 0.2) is 12.4 Å². The molecule has 0 spiro atoms. The first-order valence-electron chi connectivity index (χ1n) is 6.01. The predicted octanol–water partition coefficient (Wildman–Crippen LogP) is 2.43. The summed E-state index contributed by atoms with van der Waals surface area (Å²) in [5.74, 6) is 1.20. The molecular formula is C12H18IN3O. The molecule has 1 aromatic heterocycles. The van der Waals surface area contributed by atoms with E-state index in [1.807, 2.05) is 0 Å². The van der Waals surface area contributed by atoms with Gasteiger partial charge in [-0.15, -0.1) is 0 Å². The predicted molar refractivity (Wildman–Crippen MR) is 75.8 cm³/mol. The van der Waals surface area contributed by atoms with Crippen LogP contribution in [0.25, 0.3) is 0 Å². The fraction of sp³-hybridized carbons (Fsp3) is 0.667. The first-order valence-corrected chi connectivity index (χ1v) is 7.09. The largest absolute Gasteiger partial charge is 0.388 e. The molecule has 17 heavy (non-hydrogen) atoms. The van der Waals surface area contributed by atoms with Crippen molar-refractivity contribution in [1.29, 1.82) is 0 Å². The van der Waals surface area contributed by atoms with Crippen molar-refractivity contribution in [3.63, 3.8) is 0 Å². The Balaban J connectivity index is 1.90. The Morgan fingerprint density at radius 3 is 2.88 bits per heavy atom. The van der Waals surface area contributed by atoms with Crippen LogP contribution in [0.1, 0.15) is 32.6 Å². The molecule has 94 valence electrons. The van der Waals surface area contributed by atoms with Crippen molar-refractivity contribution in [2.45, 2.75) is 38.2 Å². The van der Waals surface area contributed by atoms with Gasteiger partial charge in [0.05, 0.1) is 5.60 Å². The van der Waals surface area contributed by atoms with Crippen LogP contribution >= 0.6 is 22.6 Å². The van der Waals surface area contributed by atoms with E-state index in [1.54, 1.807) is 12.4 Å². The number of halogens is 1. The summed E-state index contributed by atoms with van der Waals surface area (Å²) < 4.78 is 1.01. The van der Waals surface area contributed by atoms with Crippen LogP contribution in [0.4, 0.5) is 5.95 Å². The minimum absolute atomic E-state index is 0.540. The highest BCUT2D eigenvalue weighted by Crippen LogP contribution is 2.32. The molecule has 0 amide bonds. The molecule has 1 heterocycles. The van der Waals surface area contributed by atoms with Crippen molar-refractivity contribution in [3.8, 4) is 0 Å². The summed E-state index contributed by atoms with van der Waals surface area (Å²) in [5.41, 5.74) is -0.593. The molecule has 1 fully saturated rings. The molecule has 1 aliphatic carbocycles. The van der Waals surface area contributed by atoms with Crippen molar-refractivity contribution in [2.24, 2.45) is 5.92 Å². The molecule has 2 N–H and O–H groups in total. The second-order valence-electron chi connectivity index (χ2n) is 5.00. The van der Waals surface area contributed by atoms with Gasteiger partial charge in [0.25, 0.3) is 0 Å². The topological polar surface area (TPSA) is 58.0 Å². The number of anilines is 1. The van der Waals surface area contributed by atoms with Gasteiger partial charge in [0.2, 0.25) is 5.95 Å².